The van der Waals surface area contributed by atoms with Crippen LogP contribution >= 0.6 is 0 Å². The number of carbonyl (C=O) groups is 2. The fourth-order valence-corrected chi connectivity index (χ4v) is 2.63. The van der Waals surface area contributed by atoms with Crippen LogP contribution in [0.15, 0.2) is 24.3 Å². The van der Waals surface area contributed by atoms with E-state index in [9.17, 15) is 9.59 Å². The minimum absolute atomic E-state index is 0.0169. The van der Waals surface area contributed by atoms with Crippen molar-refractivity contribution in [2.24, 2.45) is 5.92 Å². The monoisotopic (exact) mass is 334 g/mol. The average Bonchev–Trinajstić information content (AvgIpc) is 3.10. The number of benzene rings is 1. The van der Waals surface area contributed by atoms with Gasteiger partial charge in [0.05, 0.1) is 13.2 Å². The van der Waals surface area contributed by atoms with Gasteiger partial charge in [-0.05, 0) is 43.0 Å². The van der Waals surface area contributed by atoms with Crippen molar-refractivity contribution in [2.45, 2.75) is 38.8 Å². The van der Waals surface area contributed by atoms with E-state index in [-0.39, 0.29) is 23.8 Å². The fraction of sp³-hybridized carbons (Fsp3) is 0.556. The first-order chi connectivity index (χ1) is 11.5. The first kappa shape index (κ1) is 18.3. The van der Waals surface area contributed by atoms with Crippen LogP contribution in [0.4, 0.5) is 0 Å². The lowest BCUT2D eigenvalue weighted by atomic mass is 10.0. The predicted molar refractivity (Wildman–Crippen MR) is 91.1 cm³/mol. The topological polar surface area (TPSA) is 76.7 Å². The highest BCUT2D eigenvalue weighted by atomic mass is 16.5. The number of methoxy groups -OCH3 is 1. The maximum atomic E-state index is 12.4. The minimum Gasteiger partial charge on any atom is -0.497 e. The second kappa shape index (κ2) is 8.68. The molecule has 24 heavy (non-hydrogen) atoms. The maximum absolute atomic E-state index is 12.4. The van der Waals surface area contributed by atoms with Crippen molar-refractivity contribution in [2.75, 3.05) is 20.3 Å². The Labute approximate surface area is 142 Å². The zero-order valence-corrected chi connectivity index (χ0v) is 14.5. The van der Waals surface area contributed by atoms with Gasteiger partial charge in [-0.15, -0.1) is 0 Å². The molecule has 6 heteroatoms. The molecule has 2 rings (SSSR count). The molecule has 0 spiro atoms. The molecule has 0 bridgehead atoms. The van der Waals surface area contributed by atoms with Crippen LogP contribution in [0.5, 0.6) is 5.75 Å². The van der Waals surface area contributed by atoms with Gasteiger partial charge in [0.1, 0.15) is 11.8 Å². The third-order valence-electron chi connectivity index (χ3n) is 4.12. The molecule has 2 amide bonds. The normalized spacial score (nSPS) is 18.2. The standard InChI is InChI=1S/C18H26N2O4/c1-12(2)16(18(22)19-11-15-5-4-10-24-15)20-17(21)13-6-8-14(23-3)9-7-13/h6-9,12,15-16H,4-5,10-11H2,1-3H3,(H,19,22)(H,20,21)/t15-,16+/m0/s1. The van der Waals surface area contributed by atoms with Crippen molar-refractivity contribution < 1.29 is 19.1 Å². The second-order valence-corrected chi connectivity index (χ2v) is 6.30. The molecule has 6 nitrogen and oxygen atoms in total. The Morgan fingerprint density at radius 1 is 1.29 bits per heavy atom. The van der Waals surface area contributed by atoms with E-state index in [1.54, 1.807) is 31.4 Å². The summed E-state index contributed by atoms with van der Waals surface area (Å²) < 4.78 is 10.6. The molecular formula is C18H26N2O4. The zero-order valence-electron chi connectivity index (χ0n) is 14.5. The van der Waals surface area contributed by atoms with Crippen molar-refractivity contribution in [1.29, 1.82) is 0 Å². The molecular weight excluding hydrogens is 308 g/mol. The number of nitrogens with one attached hydrogen (secondary N) is 2. The van der Waals surface area contributed by atoms with Gasteiger partial charge < -0.3 is 20.1 Å². The molecule has 0 unspecified atom stereocenters. The third kappa shape index (κ3) is 4.96. The Balaban J connectivity index is 1.93. The van der Waals surface area contributed by atoms with Crippen LogP contribution in [0.1, 0.15) is 37.0 Å². The van der Waals surface area contributed by atoms with Crippen molar-refractivity contribution in [1.82, 2.24) is 10.6 Å². The van der Waals surface area contributed by atoms with E-state index < -0.39 is 6.04 Å². The van der Waals surface area contributed by atoms with Gasteiger partial charge in [0.25, 0.3) is 5.91 Å². The van der Waals surface area contributed by atoms with Crippen LogP contribution < -0.4 is 15.4 Å². The predicted octanol–water partition coefficient (Wildman–Crippen LogP) is 1.74. The number of amides is 2. The van der Waals surface area contributed by atoms with Crippen LogP contribution in [0, 0.1) is 5.92 Å². The molecule has 1 aromatic rings. The molecule has 1 aromatic carbocycles. The quantitative estimate of drug-likeness (QED) is 0.796. The van der Waals surface area contributed by atoms with E-state index in [1.165, 1.54) is 0 Å². The highest BCUT2D eigenvalue weighted by Crippen LogP contribution is 2.13. The summed E-state index contributed by atoms with van der Waals surface area (Å²) in [5.74, 6) is 0.212. The molecule has 0 aromatic heterocycles. The van der Waals surface area contributed by atoms with Gasteiger partial charge in [-0.2, -0.15) is 0 Å². The molecule has 1 fully saturated rings. The SMILES string of the molecule is COc1ccc(C(=O)N[C@@H](C(=O)NC[C@@H]2CCCO2)C(C)C)cc1. The zero-order chi connectivity index (χ0) is 17.5. The molecule has 2 atom stereocenters. The van der Waals surface area contributed by atoms with Crippen LogP contribution in [0.25, 0.3) is 0 Å². The van der Waals surface area contributed by atoms with Gasteiger partial charge in [-0.25, -0.2) is 0 Å². The number of hydrogen-bond acceptors (Lipinski definition) is 4. The second-order valence-electron chi connectivity index (χ2n) is 6.30. The molecule has 0 radical (unpaired) electrons. The summed E-state index contributed by atoms with van der Waals surface area (Å²) in [6.07, 6.45) is 2.08. The number of rotatable bonds is 7. The molecule has 1 heterocycles. The van der Waals surface area contributed by atoms with Gasteiger partial charge in [0.15, 0.2) is 0 Å². The lowest BCUT2D eigenvalue weighted by molar-refractivity contribution is -0.124. The largest absolute Gasteiger partial charge is 0.497 e. The molecule has 132 valence electrons. The van der Waals surface area contributed by atoms with Crippen molar-refractivity contribution in [3.05, 3.63) is 29.8 Å². The van der Waals surface area contributed by atoms with Crippen molar-refractivity contribution in [3.63, 3.8) is 0 Å². The van der Waals surface area contributed by atoms with Gasteiger partial charge in [-0.1, -0.05) is 13.8 Å². The average molecular weight is 334 g/mol. The Morgan fingerprint density at radius 2 is 2.00 bits per heavy atom. The minimum atomic E-state index is -0.582. The van der Waals surface area contributed by atoms with Gasteiger partial charge >= 0.3 is 0 Å². The summed E-state index contributed by atoms with van der Waals surface area (Å²) >= 11 is 0. The van der Waals surface area contributed by atoms with E-state index in [4.69, 9.17) is 9.47 Å². The van der Waals surface area contributed by atoms with E-state index in [1.807, 2.05) is 13.8 Å². The van der Waals surface area contributed by atoms with Crippen LogP contribution in [0.3, 0.4) is 0 Å². The van der Waals surface area contributed by atoms with Crippen LogP contribution in [-0.4, -0.2) is 44.2 Å². The molecule has 1 aliphatic heterocycles. The Morgan fingerprint density at radius 3 is 2.54 bits per heavy atom. The van der Waals surface area contributed by atoms with Crippen LogP contribution in [0.2, 0.25) is 0 Å². The third-order valence-corrected chi connectivity index (χ3v) is 4.12. The van der Waals surface area contributed by atoms with Crippen LogP contribution in [-0.2, 0) is 9.53 Å². The van der Waals surface area contributed by atoms with Crippen molar-refractivity contribution in [3.8, 4) is 5.75 Å². The van der Waals surface area contributed by atoms with Gasteiger partial charge in [-0.3, -0.25) is 9.59 Å². The molecule has 1 saturated heterocycles. The highest BCUT2D eigenvalue weighted by Gasteiger charge is 2.26. The molecule has 1 aliphatic rings. The van der Waals surface area contributed by atoms with E-state index in [2.05, 4.69) is 10.6 Å². The summed E-state index contributed by atoms with van der Waals surface area (Å²) in [5.41, 5.74) is 0.494. The van der Waals surface area contributed by atoms with E-state index >= 15 is 0 Å². The Hall–Kier alpha value is -2.08. The molecule has 0 aliphatic carbocycles. The van der Waals surface area contributed by atoms with E-state index in [0.717, 1.165) is 19.4 Å². The lowest BCUT2D eigenvalue weighted by Gasteiger charge is -2.22. The summed E-state index contributed by atoms with van der Waals surface area (Å²) in [5, 5.41) is 5.70. The fourth-order valence-electron chi connectivity index (χ4n) is 2.63. The number of carbonyl (C=O) groups excluding carboxylic acids is 2. The summed E-state index contributed by atoms with van der Waals surface area (Å²) in [6.45, 7) is 5.05. The number of ether oxygens (including phenoxy) is 2. The summed E-state index contributed by atoms with van der Waals surface area (Å²) in [4.78, 5) is 24.8. The first-order valence-electron chi connectivity index (χ1n) is 8.35. The molecule has 2 N–H and O–H groups in total. The van der Waals surface area contributed by atoms with Gasteiger partial charge in [0, 0.05) is 18.7 Å². The number of hydrogen-bond donors (Lipinski definition) is 2. The van der Waals surface area contributed by atoms with Gasteiger partial charge in [0.2, 0.25) is 5.91 Å². The Kier molecular flexibility index (Phi) is 6.61. The lowest BCUT2D eigenvalue weighted by Crippen LogP contribution is -2.50. The highest BCUT2D eigenvalue weighted by molar-refractivity contribution is 5.97. The maximum Gasteiger partial charge on any atom is 0.251 e. The summed E-state index contributed by atoms with van der Waals surface area (Å²) in [7, 11) is 1.57. The Bertz CT molecular complexity index is 551. The molecule has 0 saturated carbocycles. The smallest absolute Gasteiger partial charge is 0.251 e. The van der Waals surface area contributed by atoms with E-state index in [0.29, 0.717) is 17.9 Å². The van der Waals surface area contributed by atoms with Crippen molar-refractivity contribution >= 4 is 11.8 Å². The first-order valence-corrected chi connectivity index (χ1v) is 8.35. The summed E-state index contributed by atoms with van der Waals surface area (Å²) in [6, 6.07) is 6.21.